The van der Waals surface area contributed by atoms with Gasteiger partial charge in [-0.3, -0.25) is 0 Å². The number of rotatable bonds is 2. The highest BCUT2D eigenvalue weighted by Gasteiger charge is 2.33. The van der Waals surface area contributed by atoms with Gasteiger partial charge in [0.25, 0.3) is 0 Å². The predicted octanol–water partition coefficient (Wildman–Crippen LogP) is 3.79. The molecule has 1 fully saturated rings. The number of anilines is 1. The molecule has 112 valence electrons. The Balaban J connectivity index is 2.30. The zero-order valence-corrected chi connectivity index (χ0v) is 11.9. The normalized spacial score (nSPS) is 24.0. The van der Waals surface area contributed by atoms with Crippen LogP contribution in [0.4, 0.5) is 18.9 Å². The molecule has 0 aromatic heterocycles. The van der Waals surface area contributed by atoms with Gasteiger partial charge in [0.1, 0.15) is 0 Å². The van der Waals surface area contributed by atoms with Crippen molar-refractivity contribution < 1.29 is 13.2 Å². The molecule has 2 nitrogen and oxygen atoms in total. The Morgan fingerprint density at radius 3 is 2.55 bits per heavy atom. The Bertz CT molecular complexity index is 471. The van der Waals surface area contributed by atoms with Crippen molar-refractivity contribution >= 4 is 5.69 Å². The zero-order chi connectivity index (χ0) is 14.9. The molecule has 2 rings (SSSR count). The maximum atomic E-state index is 12.9. The van der Waals surface area contributed by atoms with Crippen LogP contribution in [0.5, 0.6) is 0 Å². The van der Waals surface area contributed by atoms with Gasteiger partial charge in [0.15, 0.2) is 0 Å². The summed E-state index contributed by atoms with van der Waals surface area (Å²) in [6.07, 6.45) is -2.20. The second kappa shape index (κ2) is 5.64. The molecule has 1 heterocycles. The van der Waals surface area contributed by atoms with Gasteiger partial charge in [0.2, 0.25) is 0 Å². The van der Waals surface area contributed by atoms with Crippen LogP contribution >= 0.6 is 0 Å². The molecule has 2 N–H and O–H groups in total. The summed E-state index contributed by atoms with van der Waals surface area (Å²) < 4.78 is 38.6. The molecule has 0 bridgehead atoms. The lowest BCUT2D eigenvalue weighted by molar-refractivity contribution is -0.138. The van der Waals surface area contributed by atoms with Crippen LogP contribution in [0.2, 0.25) is 0 Å². The molecule has 0 saturated carbocycles. The molecule has 2 unspecified atom stereocenters. The van der Waals surface area contributed by atoms with E-state index in [1.54, 1.807) is 12.1 Å². The van der Waals surface area contributed by atoms with Gasteiger partial charge in [-0.05, 0) is 49.4 Å². The Kier molecular flexibility index (Phi) is 4.28. The van der Waals surface area contributed by atoms with E-state index >= 15 is 0 Å². The summed E-state index contributed by atoms with van der Waals surface area (Å²) in [6, 6.07) is 4.66. The van der Waals surface area contributed by atoms with Gasteiger partial charge in [-0.25, -0.2) is 0 Å². The van der Waals surface area contributed by atoms with Crippen molar-refractivity contribution in [2.75, 3.05) is 11.4 Å². The lowest BCUT2D eigenvalue weighted by atomic mass is 9.92. The number of hydrogen-bond acceptors (Lipinski definition) is 2. The van der Waals surface area contributed by atoms with Crippen molar-refractivity contribution in [3.05, 3.63) is 29.3 Å². The van der Waals surface area contributed by atoms with E-state index in [1.165, 1.54) is 0 Å². The van der Waals surface area contributed by atoms with E-state index in [9.17, 15) is 13.2 Å². The summed E-state index contributed by atoms with van der Waals surface area (Å²) in [5.74, 6) is 0.671. The van der Waals surface area contributed by atoms with Crippen LogP contribution in [0, 0.1) is 5.92 Å². The molecule has 1 aromatic rings. The van der Waals surface area contributed by atoms with E-state index < -0.39 is 11.7 Å². The Morgan fingerprint density at radius 2 is 2.00 bits per heavy atom. The molecule has 0 aliphatic carbocycles. The first-order chi connectivity index (χ1) is 9.32. The summed E-state index contributed by atoms with van der Waals surface area (Å²) >= 11 is 0. The molecule has 0 amide bonds. The fourth-order valence-electron chi connectivity index (χ4n) is 3.00. The Hall–Kier alpha value is -1.23. The van der Waals surface area contributed by atoms with Gasteiger partial charge < -0.3 is 10.6 Å². The van der Waals surface area contributed by atoms with Gasteiger partial charge in [-0.2, -0.15) is 13.2 Å². The van der Waals surface area contributed by atoms with E-state index in [0.717, 1.165) is 31.1 Å². The number of benzene rings is 1. The quantitative estimate of drug-likeness (QED) is 0.896. The Labute approximate surface area is 117 Å². The molecule has 2 atom stereocenters. The minimum Gasteiger partial charge on any atom is -0.369 e. The number of alkyl halides is 3. The SMILES string of the molecule is CC1CCN(c2ccc(C(F)(F)F)c(CN)c2)C(C)C1. The number of hydrogen-bond donors (Lipinski definition) is 1. The molecule has 1 aliphatic heterocycles. The number of halogens is 3. The van der Waals surface area contributed by atoms with Crippen LogP contribution in [0.25, 0.3) is 0 Å². The van der Waals surface area contributed by atoms with Crippen molar-refractivity contribution in [1.29, 1.82) is 0 Å². The topological polar surface area (TPSA) is 29.3 Å². The molecular formula is C15H21F3N2. The monoisotopic (exact) mass is 286 g/mol. The van der Waals surface area contributed by atoms with Gasteiger partial charge in [0, 0.05) is 24.8 Å². The van der Waals surface area contributed by atoms with Gasteiger partial charge in [-0.15, -0.1) is 0 Å². The van der Waals surface area contributed by atoms with Crippen LogP contribution in [0.1, 0.15) is 37.8 Å². The zero-order valence-electron chi connectivity index (χ0n) is 11.9. The van der Waals surface area contributed by atoms with Crippen LogP contribution in [-0.2, 0) is 12.7 Å². The maximum absolute atomic E-state index is 12.9. The first kappa shape index (κ1) is 15.2. The lowest BCUT2D eigenvalue weighted by Gasteiger charge is -2.38. The first-order valence-electron chi connectivity index (χ1n) is 6.99. The summed E-state index contributed by atoms with van der Waals surface area (Å²) in [7, 11) is 0. The fraction of sp³-hybridized carbons (Fsp3) is 0.600. The largest absolute Gasteiger partial charge is 0.416 e. The maximum Gasteiger partial charge on any atom is 0.416 e. The molecule has 0 spiro atoms. The van der Waals surface area contributed by atoms with Crippen LogP contribution in [0.15, 0.2) is 18.2 Å². The average Bonchev–Trinajstić information content (AvgIpc) is 2.37. The predicted molar refractivity (Wildman–Crippen MR) is 74.5 cm³/mol. The third kappa shape index (κ3) is 3.08. The minimum atomic E-state index is -4.34. The molecule has 20 heavy (non-hydrogen) atoms. The smallest absolute Gasteiger partial charge is 0.369 e. The van der Waals surface area contributed by atoms with Gasteiger partial charge >= 0.3 is 6.18 Å². The summed E-state index contributed by atoms with van der Waals surface area (Å²) in [5.41, 5.74) is 5.87. The molecular weight excluding hydrogens is 265 g/mol. The third-order valence-corrected chi connectivity index (χ3v) is 4.08. The number of nitrogens with two attached hydrogens (primary N) is 1. The van der Waals surface area contributed by atoms with E-state index in [0.29, 0.717) is 12.0 Å². The van der Waals surface area contributed by atoms with Crippen molar-refractivity contribution in [1.82, 2.24) is 0 Å². The second-order valence-electron chi connectivity index (χ2n) is 5.72. The van der Waals surface area contributed by atoms with Crippen LogP contribution in [-0.4, -0.2) is 12.6 Å². The van der Waals surface area contributed by atoms with Crippen LogP contribution < -0.4 is 10.6 Å². The highest BCUT2D eigenvalue weighted by atomic mass is 19.4. The van der Waals surface area contributed by atoms with E-state index in [2.05, 4.69) is 18.7 Å². The molecule has 0 radical (unpaired) electrons. The molecule has 1 saturated heterocycles. The summed E-state index contributed by atoms with van der Waals surface area (Å²) in [6.45, 7) is 5.13. The average molecular weight is 286 g/mol. The highest BCUT2D eigenvalue weighted by Crippen LogP contribution is 2.35. The highest BCUT2D eigenvalue weighted by molar-refractivity contribution is 5.52. The van der Waals surface area contributed by atoms with Crippen molar-refractivity contribution in [2.24, 2.45) is 11.7 Å². The van der Waals surface area contributed by atoms with Gasteiger partial charge in [-0.1, -0.05) is 6.92 Å². The van der Waals surface area contributed by atoms with E-state index in [4.69, 9.17) is 5.73 Å². The summed E-state index contributed by atoms with van der Waals surface area (Å²) in [5, 5.41) is 0. The molecule has 1 aromatic carbocycles. The van der Waals surface area contributed by atoms with E-state index in [1.807, 2.05) is 0 Å². The number of nitrogens with zero attached hydrogens (tertiary/aromatic N) is 1. The Morgan fingerprint density at radius 1 is 1.30 bits per heavy atom. The van der Waals surface area contributed by atoms with E-state index in [-0.39, 0.29) is 12.1 Å². The second-order valence-corrected chi connectivity index (χ2v) is 5.72. The summed E-state index contributed by atoms with van der Waals surface area (Å²) in [4.78, 5) is 2.18. The van der Waals surface area contributed by atoms with Crippen molar-refractivity contribution in [3.63, 3.8) is 0 Å². The number of piperidine rings is 1. The van der Waals surface area contributed by atoms with Crippen LogP contribution in [0.3, 0.4) is 0 Å². The standard InChI is InChI=1S/C15H21F3N2/c1-10-5-6-20(11(2)7-10)13-3-4-14(15(16,17)18)12(8-13)9-19/h3-4,8,10-11H,5-7,9,19H2,1-2H3. The minimum absolute atomic E-state index is 0.0959. The molecule has 1 aliphatic rings. The van der Waals surface area contributed by atoms with Crippen molar-refractivity contribution in [2.45, 2.75) is 45.5 Å². The fourth-order valence-corrected chi connectivity index (χ4v) is 3.00. The lowest BCUT2D eigenvalue weighted by Crippen LogP contribution is -2.40. The third-order valence-electron chi connectivity index (χ3n) is 4.08. The van der Waals surface area contributed by atoms with Gasteiger partial charge in [0.05, 0.1) is 5.56 Å². The first-order valence-corrected chi connectivity index (χ1v) is 6.99. The van der Waals surface area contributed by atoms with Crippen molar-refractivity contribution in [3.8, 4) is 0 Å². The molecule has 5 heteroatoms.